The summed E-state index contributed by atoms with van der Waals surface area (Å²) in [6.45, 7) is 0.615. The smallest absolute Gasteiger partial charge is 0.119 e. The highest BCUT2D eigenvalue weighted by atomic mass is 127. The lowest BCUT2D eigenvalue weighted by molar-refractivity contribution is 0.306. The van der Waals surface area contributed by atoms with Crippen LogP contribution in [-0.4, -0.2) is 0 Å². The molecule has 0 radical (unpaired) electrons. The van der Waals surface area contributed by atoms with Crippen molar-refractivity contribution in [1.29, 1.82) is 0 Å². The molecule has 2 rings (SSSR count). The van der Waals surface area contributed by atoms with Gasteiger partial charge in [-0.15, -0.1) is 11.3 Å². The number of benzene rings is 1. The molecule has 1 aromatic heterocycles. The van der Waals surface area contributed by atoms with Crippen LogP contribution in [-0.2, 0) is 6.61 Å². The van der Waals surface area contributed by atoms with Crippen LogP contribution in [0.3, 0.4) is 0 Å². The average Bonchev–Trinajstić information content (AvgIpc) is 2.56. The second-order valence-corrected chi connectivity index (χ2v) is 7.22. The van der Waals surface area contributed by atoms with Crippen LogP contribution in [0, 0.1) is 2.88 Å². The molecule has 0 saturated carbocycles. The zero-order valence-electron chi connectivity index (χ0n) is 7.74. The topological polar surface area (TPSA) is 9.23 Å². The second-order valence-electron chi connectivity index (χ2n) is 2.95. The van der Waals surface area contributed by atoms with Gasteiger partial charge >= 0.3 is 0 Å². The van der Waals surface area contributed by atoms with E-state index in [1.54, 1.807) is 11.3 Å². The molecule has 1 nitrogen and oxygen atoms in total. The van der Waals surface area contributed by atoms with Gasteiger partial charge in [0.2, 0.25) is 0 Å². The minimum atomic E-state index is 0.615. The molecule has 0 aliphatic carbocycles. The van der Waals surface area contributed by atoms with Gasteiger partial charge < -0.3 is 4.74 Å². The van der Waals surface area contributed by atoms with Gasteiger partial charge in [-0.25, -0.2) is 0 Å². The van der Waals surface area contributed by atoms with Gasteiger partial charge in [0.1, 0.15) is 12.4 Å². The van der Waals surface area contributed by atoms with Crippen molar-refractivity contribution in [1.82, 2.24) is 0 Å². The van der Waals surface area contributed by atoms with Gasteiger partial charge in [0, 0.05) is 5.56 Å². The Bertz CT molecular complexity index is 441. The lowest BCUT2D eigenvalue weighted by atomic mass is 10.3. The Morgan fingerprint density at radius 2 is 2.00 bits per heavy atom. The standard InChI is InChI=1S/C11H8BrIOS/c12-11-8(6-10(13)15-11)7-14-9-4-2-1-3-5-9/h1-6H,7H2. The summed E-state index contributed by atoms with van der Waals surface area (Å²) in [6.07, 6.45) is 0. The predicted octanol–water partition coefficient (Wildman–Crippen LogP) is 4.69. The lowest BCUT2D eigenvalue weighted by Crippen LogP contribution is -1.93. The largest absolute Gasteiger partial charge is 0.489 e. The maximum Gasteiger partial charge on any atom is 0.119 e. The van der Waals surface area contributed by atoms with Crippen LogP contribution in [0.5, 0.6) is 5.75 Å². The van der Waals surface area contributed by atoms with E-state index in [1.807, 2.05) is 30.3 Å². The highest BCUT2D eigenvalue weighted by molar-refractivity contribution is 14.1. The van der Waals surface area contributed by atoms with Crippen molar-refractivity contribution in [2.45, 2.75) is 6.61 Å². The van der Waals surface area contributed by atoms with Crippen molar-refractivity contribution < 1.29 is 4.74 Å². The van der Waals surface area contributed by atoms with Gasteiger partial charge in [-0.05, 0) is 56.7 Å². The molecular formula is C11H8BrIOS. The van der Waals surface area contributed by atoms with E-state index < -0.39 is 0 Å². The summed E-state index contributed by atoms with van der Waals surface area (Å²) in [4.78, 5) is 0. The SMILES string of the molecule is Brc1sc(I)cc1COc1ccccc1. The van der Waals surface area contributed by atoms with Crippen LogP contribution >= 0.6 is 49.9 Å². The summed E-state index contributed by atoms with van der Waals surface area (Å²) in [5, 5.41) is 0. The van der Waals surface area contributed by atoms with Crippen LogP contribution in [0.25, 0.3) is 0 Å². The number of hydrogen-bond donors (Lipinski definition) is 0. The van der Waals surface area contributed by atoms with E-state index in [0.29, 0.717) is 6.61 Å². The average molecular weight is 395 g/mol. The monoisotopic (exact) mass is 394 g/mol. The summed E-state index contributed by atoms with van der Waals surface area (Å²) in [5.74, 6) is 0.908. The third-order valence-electron chi connectivity index (χ3n) is 1.86. The van der Waals surface area contributed by atoms with Crippen molar-refractivity contribution in [2.24, 2.45) is 0 Å². The van der Waals surface area contributed by atoms with Crippen LogP contribution in [0.2, 0.25) is 0 Å². The maximum atomic E-state index is 5.66. The number of hydrogen-bond acceptors (Lipinski definition) is 2. The summed E-state index contributed by atoms with van der Waals surface area (Å²) < 4.78 is 8.08. The number of para-hydroxylation sites is 1. The fourth-order valence-corrected chi connectivity index (χ4v) is 4.47. The molecular weight excluding hydrogens is 387 g/mol. The predicted molar refractivity (Wildman–Crippen MR) is 75.5 cm³/mol. The third kappa shape index (κ3) is 3.19. The molecule has 0 fully saturated rings. The molecule has 1 heterocycles. The molecule has 0 amide bonds. The van der Waals surface area contributed by atoms with E-state index in [9.17, 15) is 0 Å². The Balaban J connectivity index is 2.02. The van der Waals surface area contributed by atoms with E-state index in [1.165, 1.54) is 8.45 Å². The Kier molecular flexibility index (Phi) is 4.05. The van der Waals surface area contributed by atoms with Crippen LogP contribution in [0.15, 0.2) is 40.2 Å². The molecule has 0 N–H and O–H groups in total. The maximum absolute atomic E-state index is 5.66. The lowest BCUT2D eigenvalue weighted by Gasteiger charge is -2.04. The zero-order valence-corrected chi connectivity index (χ0v) is 12.3. The molecule has 78 valence electrons. The molecule has 1 aromatic carbocycles. The van der Waals surface area contributed by atoms with E-state index >= 15 is 0 Å². The number of ether oxygens (including phenoxy) is 1. The van der Waals surface area contributed by atoms with Crippen molar-refractivity contribution in [3.05, 3.63) is 48.6 Å². The molecule has 0 unspecified atom stereocenters. The summed E-state index contributed by atoms with van der Waals surface area (Å²) in [5.41, 5.74) is 1.20. The minimum absolute atomic E-state index is 0.615. The second kappa shape index (κ2) is 5.32. The van der Waals surface area contributed by atoms with Gasteiger partial charge in [0.05, 0.1) is 6.67 Å². The minimum Gasteiger partial charge on any atom is -0.489 e. The number of rotatable bonds is 3. The highest BCUT2D eigenvalue weighted by Gasteiger charge is 2.05. The van der Waals surface area contributed by atoms with E-state index in [2.05, 4.69) is 44.6 Å². The molecule has 0 aliphatic heterocycles. The van der Waals surface area contributed by atoms with Gasteiger partial charge in [0.15, 0.2) is 0 Å². The van der Waals surface area contributed by atoms with Gasteiger partial charge in [-0.1, -0.05) is 18.2 Å². The molecule has 4 heteroatoms. The quantitative estimate of drug-likeness (QED) is 0.686. The van der Waals surface area contributed by atoms with Gasteiger partial charge in [-0.3, -0.25) is 0 Å². The van der Waals surface area contributed by atoms with Crippen LogP contribution < -0.4 is 4.74 Å². The first-order valence-corrected chi connectivity index (χ1v) is 7.06. The molecule has 15 heavy (non-hydrogen) atoms. The summed E-state index contributed by atoms with van der Waals surface area (Å²) >= 11 is 7.57. The molecule has 0 bridgehead atoms. The van der Waals surface area contributed by atoms with Crippen molar-refractivity contribution in [3.8, 4) is 5.75 Å². The summed E-state index contributed by atoms with van der Waals surface area (Å²) in [7, 11) is 0. The van der Waals surface area contributed by atoms with Crippen molar-refractivity contribution in [3.63, 3.8) is 0 Å². The third-order valence-corrected chi connectivity index (χ3v) is 4.59. The highest BCUT2D eigenvalue weighted by Crippen LogP contribution is 2.29. The fraction of sp³-hybridized carbons (Fsp3) is 0.0909. The molecule has 0 aliphatic rings. The molecule has 0 atom stereocenters. The Labute approximate surface area is 115 Å². The Hall–Kier alpha value is -0.0700. The van der Waals surface area contributed by atoms with Gasteiger partial charge in [-0.2, -0.15) is 0 Å². The van der Waals surface area contributed by atoms with E-state index in [4.69, 9.17) is 4.74 Å². The zero-order chi connectivity index (χ0) is 10.7. The molecule has 2 aromatic rings. The first-order valence-electron chi connectivity index (χ1n) is 4.37. The Morgan fingerprint density at radius 1 is 1.27 bits per heavy atom. The fourth-order valence-electron chi connectivity index (χ4n) is 1.15. The first-order chi connectivity index (χ1) is 7.25. The van der Waals surface area contributed by atoms with Crippen molar-refractivity contribution in [2.75, 3.05) is 0 Å². The van der Waals surface area contributed by atoms with Crippen molar-refractivity contribution >= 4 is 49.9 Å². The molecule has 0 spiro atoms. The van der Waals surface area contributed by atoms with Gasteiger partial charge in [0.25, 0.3) is 0 Å². The normalized spacial score (nSPS) is 10.3. The Morgan fingerprint density at radius 3 is 2.60 bits per heavy atom. The van der Waals surface area contributed by atoms with Crippen LogP contribution in [0.1, 0.15) is 5.56 Å². The van der Waals surface area contributed by atoms with E-state index in [0.717, 1.165) is 9.54 Å². The molecule has 0 saturated heterocycles. The first kappa shape index (κ1) is 11.4. The number of thiophene rings is 1. The number of halogens is 2. The van der Waals surface area contributed by atoms with E-state index in [-0.39, 0.29) is 0 Å². The van der Waals surface area contributed by atoms with Crippen LogP contribution in [0.4, 0.5) is 0 Å². The summed E-state index contributed by atoms with van der Waals surface area (Å²) in [6, 6.07) is 12.0.